The summed E-state index contributed by atoms with van der Waals surface area (Å²) in [4.78, 5) is 73.0. The number of aromatic amines is 1. The van der Waals surface area contributed by atoms with Gasteiger partial charge in [-0.1, -0.05) is 0 Å². The maximum atomic E-state index is 12.5. The third-order valence-corrected chi connectivity index (χ3v) is 4.39. The summed E-state index contributed by atoms with van der Waals surface area (Å²) >= 11 is 0. The maximum Gasteiger partial charge on any atom is 0.330 e. The predicted octanol–water partition coefficient (Wildman–Crippen LogP) is -0.899. The zero-order valence-corrected chi connectivity index (χ0v) is 18.1. The molecule has 1 aromatic heterocycles. The van der Waals surface area contributed by atoms with Crippen LogP contribution in [0.3, 0.4) is 0 Å². The number of rotatable bonds is 6. The molecule has 1 N–H and O–H groups in total. The number of carbonyl (C=O) groups excluding carboxylic acids is 4. The molecular formula is C19H24N2O11. The Morgan fingerprint density at radius 1 is 0.906 bits per heavy atom. The summed E-state index contributed by atoms with van der Waals surface area (Å²) in [6.07, 6.45) is -5.73. The molecule has 0 aliphatic carbocycles. The largest absolute Gasteiger partial charge is 0.463 e. The van der Waals surface area contributed by atoms with Crippen LogP contribution in [-0.2, 0) is 42.9 Å². The number of esters is 4. The average Bonchev–Trinajstić information content (AvgIpc) is 2.65. The quantitative estimate of drug-likeness (QED) is 0.416. The van der Waals surface area contributed by atoms with Crippen molar-refractivity contribution >= 4 is 23.9 Å². The molecule has 2 rings (SSSR count). The fourth-order valence-electron chi connectivity index (χ4n) is 3.20. The summed E-state index contributed by atoms with van der Waals surface area (Å²) in [7, 11) is 0. The van der Waals surface area contributed by atoms with E-state index in [4.69, 9.17) is 23.7 Å². The predicted molar refractivity (Wildman–Crippen MR) is 103 cm³/mol. The van der Waals surface area contributed by atoms with Crippen molar-refractivity contribution in [3.05, 3.63) is 32.6 Å². The highest BCUT2D eigenvalue weighted by molar-refractivity contribution is 5.68. The number of carbonyl (C=O) groups is 4. The second kappa shape index (κ2) is 10.2. The Hall–Kier alpha value is -3.48. The molecule has 1 saturated heterocycles. The minimum Gasteiger partial charge on any atom is -0.463 e. The van der Waals surface area contributed by atoms with Crippen molar-refractivity contribution in [2.24, 2.45) is 0 Å². The lowest BCUT2D eigenvalue weighted by Gasteiger charge is -2.44. The Morgan fingerprint density at radius 2 is 1.44 bits per heavy atom. The normalized spacial score (nSPS) is 24.8. The molecule has 5 atom stereocenters. The molecule has 13 nitrogen and oxygen atoms in total. The van der Waals surface area contributed by atoms with E-state index in [-0.39, 0.29) is 5.56 Å². The Balaban J connectivity index is 2.65. The SMILES string of the molecule is CC(=O)OC[C@H]1O[C@@H](n2cc(C)c(=O)[nH]c2=O)[C@H](OC(C)=O)[C@@H](OC(C)=O)[C@H]1OC(C)=O. The van der Waals surface area contributed by atoms with E-state index in [9.17, 15) is 28.8 Å². The Labute approximate surface area is 181 Å². The number of aromatic nitrogens is 2. The summed E-state index contributed by atoms with van der Waals surface area (Å²) in [6.45, 7) is 5.39. The van der Waals surface area contributed by atoms with Crippen LogP contribution >= 0.6 is 0 Å². The van der Waals surface area contributed by atoms with Crippen molar-refractivity contribution in [2.75, 3.05) is 6.61 Å². The van der Waals surface area contributed by atoms with Gasteiger partial charge in [0.25, 0.3) is 5.56 Å². The molecule has 0 amide bonds. The summed E-state index contributed by atoms with van der Waals surface area (Å²) in [5.41, 5.74) is -1.41. The zero-order chi connectivity index (χ0) is 24.2. The molecule has 13 heteroatoms. The molecular weight excluding hydrogens is 432 g/mol. The van der Waals surface area contributed by atoms with Crippen LogP contribution in [0.2, 0.25) is 0 Å². The minimum absolute atomic E-state index is 0.137. The number of aryl methyl sites for hydroxylation is 1. The minimum atomic E-state index is -1.46. The summed E-state index contributed by atoms with van der Waals surface area (Å²) < 4.78 is 27.6. The van der Waals surface area contributed by atoms with Crippen molar-refractivity contribution < 1.29 is 42.9 Å². The Morgan fingerprint density at radius 3 is 1.97 bits per heavy atom. The van der Waals surface area contributed by atoms with Gasteiger partial charge in [-0.05, 0) is 6.92 Å². The first kappa shape index (κ1) is 24.8. The highest BCUT2D eigenvalue weighted by Crippen LogP contribution is 2.34. The van der Waals surface area contributed by atoms with E-state index in [1.54, 1.807) is 0 Å². The second-order valence-corrected chi connectivity index (χ2v) is 7.07. The van der Waals surface area contributed by atoms with Crippen LogP contribution in [0.5, 0.6) is 0 Å². The fraction of sp³-hybridized carbons (Fsp3) is 0.579. The first-order chi connectivity index (χ1) is 14.9. The van der Waals surface area contributed by atoms with Gasteiger partial charge >= 0.3 is 29.6 Å². The van der Waals surface area contributed by atoms with E-state index in [1.165, 1.54) is 13.1 Å². The molecule has 32 heavy (non-hydrogen) atoms. The van der Waals surface area contributed by atoms with Gasteiger partial charge in [0.1, 0.15) is 12.7 Å². The lowest BCUT2D eigenvalue weighted by Crippen LogP contribution is -2.61. The van der Waals surface area contributed by atoms with Gasteiger partial charge in [0.2, 0.25) is 0 Å². The van der Waals surface area contributed by atoms with Crippen LogP contribution in [0.15, 0.2) is 15.8 Å². The zero-order valence-electron chi connectivity index (χ0n) is 18.1. The van der Waals surface area contributed by atoms with E-state index in [1.807, 2.05) is 0 Å². The molecule has 0 radical (unpaired) electrons. The summed E-state index contributed by atoms with van der Waals surface area (Å²) in [5.74, 6) is -3.06. The van der Waals surface area contributed by atoms with Gasteiger partial charge < -0.3 is 23.7 Å². The molecule has 176 valence electrons. The van der Waals surface area contributed by atoms with Gasteiger partial charge in [-0.15, -0.1) is 0 Å². The lowest BCUT2D eigenvalue weighted by molar-refractivity contribution is -0.269. The molecule has 1 aliphatic rings. The average molecular weight is 456 g/mol. The number of hydrogen-bond donors (Lipinski definition) is 1. The maximum absolute atomic E-state index is 12.5. The number of nitrogens with zero attached hydrogens (tertiary/aromatic N) is 1. The molecule has 1 aromatic rings. The van der Waals surface area contributed by atoms with Crippen LogP contribution in [0.25, 0.3) is 0 Å². The molecule has 1 aliphatic heterocycles. The molecule has 0 saturated carbocycles. The summed E-state index contributed by atoms with van der Waals surface area (Å²) in [5, 5.41) is 0. The van der Waals surface area contributed by atoms with Gasteiger partial charge in [0, 0.05) is 39.5 Å². The van der Waals surface area contributed by atoms with Gasteiger partial charge in [-0.2, -0.15) is 0 Å². The van der Waals surface area contributed by atoms with E-state index in [2.05, 4.69) is 4.98 Å². The van der Waals surface area contributed by atoms with Crippen molar-refractivity contribution in [3.8, 4) is 0 Å². The fourth-order valence-corrected chi connectivity index (χ4v) is 3.20. The number of H-pyrrole nitrogens is 1. The van der Waals surface area contributed by atoms with Crippen molar-refractivity contribution in [1.29, 1.82) is 0 Å². The van der Waals surface area contributed by atoms with Crippen molar-refractivity contribution in [3.63, 3.8) is 0 Å². The third-order valence-electron chi connectivity index (χ3n) is 4.39. The van der Waals surface area contributed by atoms with Crippen LogP contribution < -0.4 is 11.2 Å². The highest BCUT2D eigenvalue weighted by Gasteiger charge is 2.53. The van der Waals surface area contributed by atoms with Crippen LogP contribution in [0.4, 0.5) is 0 Å². The molecule has 2 heterocycles. The molecule has 0 spiro atoms. The Kier molecular flexibility index (Phi) is 7.92. The van der Waals surface area contributed by atoms with Crippen LogP contribution in [-0.4, -0.2) is 64.5 Å². The molecule has 1 fully saturated rings. The van der Waals surface area contributed by atoms with E-state index in [0.29, 0.717) is 0 Å². The van der Waals surface area contributed by atoms with Gasteiger partial charge in [0.05, 0.1) is 0 Å². The number of ether oxygens (including phenoxy) is 5. The van der Waals surface area contributed by atoms with Gasteiger partial charge in [-0.3, -0.25) is 33.5 Å². The van der Waals surface area contributed by atoms with E-state index >= 15 is 0 Å². The standard InChI is InChI=1S/C19H24N2O11/c1-8-6-21(19(27)20-17(8)26)18-16(31-12(5)25)15(30-11(4)24)14(29-10(3)23)13(32-18)7-28-9(2)22/h6,13-16,18H,7H2,1-5H3,(H,20,26,27)/t13-,14+,15+,16-,18-/m1/s1. The first-order valence-electron chi connectivity index (χ1n) is 9.53. The van der Waals surface area contributed by atoms with Crippen LogP contribution in [0.1, 0.15) is 39.5 Å². The highest BCUT2D eigenvalue weighted by atomic mass is 16.7. The number of hydrogen-bond acceptors (Lipinski definition) is 11. The van der Waals surface area contributed by atoms with Gasteiger partial charge in [0.15, 0.2) is 24.5 Å². The van der Waals surface area contributed by atoms with E-state index < -0.39 is 72.4 Å². The smallest absolute Gasteiger partial charge is 0.330 e. The molecule has 0 unspecified atom stereocenters. The first-order valence-corrected chi connectivity index (χ1v) is 9.53. The number of nitrogens with one attached hydrogen (secondary N) is 1. The van der Waals surface area contributed by atoms with Crippen molar-refractivity contribution in [2.45, 2.75) is 65.3 Å². The summed E-state index contributed by atoms with van der Waals surface area (Å²) in [6, 6.07) is 0. The van der Waals surface area contributed by atoms with E-state index in [0.717, 1.165) is 32.3 Å². The second-order valence-electron chi connectivity index (χ2n) is 7.07. The lowest BCUT2D eigenvalue weighted by atomic mass is 9.97. The Bertz CT molecular complexity index is 1010. The van der Waals surface area contributed by atoms with Crippen molar-refractivity contribution in [1.82, 2.24) is 9.55 Å². The topological polar surface area (TPSA) is 169 Å². The molecule has 0 aromatic carbocycles. The molecule has 0 bridgehead atoms. The van der Waals surface area contributed by atoms with Gasteiger partial charge in [-0.25, -0.2) is 4.79 Å². The monoisotopic (exact) mass is 456 g/mol. The van der Waals surface area contributed by atoms with Crippen LogP contribution in [0, 0.1) is 6.92 Å². The third kappa shape index (κ3) is 6.03.